The van der Waals surface area contributed by atoms with E-state index in [2.05, 4.69) is 17.1 Å². The van der Waals surface area contributed by atoms with E-state index in [1.165, 1.54) is 6.39 Å². The Hall–Kier alpha value is -2.21. The van der Waals surface area contributed by atoms with Crippen LogP contribution in [0.5, 0.6) is 0 Å². The molecule has 1 fully saturated rings. The molecular weight excluding hydrogens is 270 g/mol. The molecule has 1 aliphatic rings. The number of aliphatic hydroxyl groups excluding tert-OH is 1. The maximum Gasteiger partial charge on any atom is 0.254 e. The van der Waals surface area contributed by atoms with E-state index in [0.29, 0.717) is 23.9 Å². The van der Waals surface area contributed by atoms with E-state index in [-0.39, 0.29) is 18.6 Å². The third-order valence-corrected chi connectivity index (χ3v) is 4.07. The Kier molecular flexibility index (Phi) is 3.70. The predicted molar refractivity (Wildman–Crippen MR) is 75.4 cm³/mol. The number of amides is 1. The van der Waals surface area contributed by atoms with Crippen LogP contribution in [0.25, 0.3) is 11.5 Å². The fourth-order valence-corrected chi connectivity index (χ4v) is 2.76. The molecule has 0 aliphatic carbocycles. The minimum atomic E-state index is -0.0897. The van der Waals surface area contributed by atoms with Crippen LogP contribution in [-0.2, 0) is 0 Å². The Labute approximate surface area is 122 Å². The highest BCUT2D eigenvalue weighted by Gasteiger charge is 2.34. The zero-order valence-corrected chi connectivity index (χ0v) is 11.8. The van der Waals surface area contributed by atoms with Crippen molar-refractivity contribution in [2.24, 2.45) is 5.92 Å². The van der Waals surface area contributed by atoms with Gasteiger partial charge in [0.1, 0.15) is 0 Å². The van der Waals surface area contributed by atoms with E-state index in [4.69, 9.17) is 4.42 Å². The maximum atomic E-state index is 12.5. The zero-order chi connectivity index (χ0) is 14.8. The summed E-state index contributed by atoms with van der Waals surface area (Å²) in [6, 6.07) is 6.98. The summed E-state index contributed by atoms with van der Waals surface area (Å²) < 4.78 is 5.12. The fraction of sp³-hybridized carbons (Fsp3) is 0.400. The molecule has 0 spiro atoms. The van der Waals surface area contributed by atoms with E-state index < -0.39 is 0 Å². The van der Waals surface area contributed by atoms with Crippen LogP contribution in [-0.4, -0.2) is 45.3 Å². The molecule has 1 amide bonds. The number of rotatable bonds is 3. The molecule has 2 heterocycles. The standard InChI is InChI=1S/C15H17N3O3/c1-10-6-7-18(13(10)8-19)15(20)12-4-2-11(3-5-12)14-17-16-9-21-14/h2-5,9-10,13,19H,6-8H2,1H3. The monoisotopic (exact) mass is 287 g/mol. The van der Waals surface area contributed by atoms with Crippen molar-refractivity contribution in [1.29, 1.82) is 0 Å². The van der Waals surface area contributed by atoms with Crippen LogP contribution in [0, 0.1) is 5.92 Å². The molecule has 110 valence electrons. The van der Waals surface area contributed by atoms with Gasteiger partial charge in [0.25, 0.3) is 5.91 Å². The highest BCUT2D eigenvalue weighted by molar-refractivity contribution is 5.95. The summed E-state index contributed by atoms with van der Waals surface area (Å²) in [7, 11) is 0. The summed E-state index contributed by atoms with van der Waals surface area (Å²) in [5.41, 5.74) is 1.38. The first-order valence-corrected chi connectivity index (χ1v) is 6.99. The zero-order valence-electron chi connectivity index (χ0n) is 11.8. The molecule has 1 aromatic carbocycles. The molecule has 2 atom stereocenters. The summed E-state index contributed by atoms with van der Waals surface area (Å²) in [5, 5.41) is 16.9. The topological polar surface area (TPSA) is 79.5 Å². The first-order chi connectivity index (χ1) is 10.2. The van der Waals surface area contributed by atoms with Crippen LogP contribution >= 0.6 is 0 Å². The lowest BCUT2D eigenvalue weighted by atomic mass is 10.0. The Bertz CT molecular complexity index is 610. The third kappa shape index (κ3) is 2.54. The van der Waals surface area contributed by atoms with Crippen molar-refractivity contribution in [2.45, 2.75) is 19.4 Å². The van der Waals surface area contributed by atoms with Crippen LogP contribution < -0.4 is 0 Å². The molecule has 2 aromatic rings. The lowest BCUT2D eigenvalue weighted by molar-refractivity contribution is 0.0648. The van der Waals surface area contributed by atoms with Gasteiger partial charge in [0.05, 0.1) is 12.6 Å². The SMILES string of the molecule is CC1CCN(C(=O)c2ccc(-c3nnco3)cc2)C1CO. The largest absolute Gasteiger partial charge is 0.423 e. The second kappa shape index (κ2) is 5.65. The highest BCUT2D eigenvalue weighted by atomic mass is 16.4. The van der Waals surface area contributed by atoms with E-state index in [1.54, 1.807) is 29.2 Å². The van der Waals surface area contributed by atoms with Crippen molar-refractivity contribution < 1.29 is 14.3 Å². The quantitative estimate of drug-likeness (QED) is 0.927. The van der Waals surface area contributed by atoms with Gasteiger partial charge in [-0.2, -0.15) is 0 Å². The molecule has 1 aliphatic heterocycles. The Balaban J connectivity index is 1.79. The lowest BCUT2D eigenvalue weighted by Gasteiger charge is -2.25. The van der Waals surface area contributed by atoms with E-state index in [0.717, 1.165) is 12.0 Å². The first kappa shape index (κ1) is 13.8. The highest BCUT2D eigenvalue weighted by Crippen LogP contribution is 2.26. The Morgan fingerprint density at radius 3 is 2.81 bits per heavy atom. The van der Waals surface area contributed by atoms with Crippen LogP contribution in [0.4, 0.5) is 0 Å². The molecule has 6 nitrogen and oxygen atoms in total. The summed E-state index contributed by atoms with van der Waals surface area (Å²) >= 11 is 0. The molecule has 3 rings (SSSR count). The number of benzene rings is 1. The van der Waals surface area contributed by atoms with Gasteiger partial charge in [-0.05, 0) is 36.6 Å². The van der Waals surface area contributed by atoms with Gasteiger partial charge in [0.15, 0.2) is 0 Å². The molecule has 1 saturated heterocycles. The molecule has 0 bridgehead atoms. The first-order valence-electron chi connectivity index (χ1n) is 6.99. The van der Waals surface area contributed by atoms with Gasteiger partial charge >= 0.3 is 0 Å². The fourth-order valence-electron chi connectivity index (χ4n) is 2.76. The average molecular weight is 287 g/mol. The molecule has 2 unspecified atom stereocenters. The van der Waals surface area contributed by atoms with Gasteiger partial charge in [0.2, 0.25) is 12.3 Å². The Morgan fingerprint density at radius 2 is 2.19 bits per heavy atom. The summed E-state index contributed by atoms with van der Waals surface area (Å²) in [5.74, 6) is 0.712. The van der Waals surface area contributed by atoms with E-state index in [1.807, 2.05) is 0 Å². The molecule has 0 saturated carbocycles. The summed E-state index contributed by atoms with van der Waals surface area (Å²) in [4.78, 5) is 14.3. The van der Waals surface area contributed by atoms with Crippen LogP contribution in [0.15, 0.2) is 35.1 Å². The number of hydrogen-bond donors (Lipinski definition) is 1. The molecular formula is C15H17N3O3. The van der Waals surface area contributed by atoms with Gasteiger partial charge in [-0.1, -0.05) is 6.92 Å². The normalized spacial score (nSPS) is 21.7. The van der Waals surface area contributed by atoms with Gasteiger partial charge in [-0.25, -0.2) is 0 Å². The lowest BCUT2D eigenvalue weighted by Crippen LogP contribution is -2.39. The molecule has 6 heteroatoms. The van der Waals surface area contributed by atoms with Crippen molar-refractivity contribution >= 4 is 5.91 Å². The minimum absolute atomic E-state index is 0.00692. The second-order valence-corrected chi connectivity index (χ2v) is 5.34. The predicted octanol–water partition coefficient (Wildman–Crippen LogP) is 1.58. The van der Waals surface area contributed by atoms with Crippen molar-refractivity contribution in [1.82, 2.24) is 15.1 Å². The van der Waals surface area contributed by atoms with Gasteiger partial charge < -0.3 is 14.4 Å². The number of carbonyl (C=O) groups is 1. The number of aliphatic hydroxyl groups is 1. The van der Waals surface area contributed by atoms with Crippen molar-refractivity contribution in [2.75, 3.05) is 13.2 Å². The van der Waals surface area contributed by atoms with Crippen LogP contribution in [0.1, 0.15) is 23.7 Å². The minimum Gasteiger partial charge on any atom is -0.423 e. The molecule has 21 heavy (non-hydrogen) atoms. The summed E-state index contributed by atoms with van der Waals surface area (Å²) in [6.07, 6.45) is 2.20. The molecule has 0 radical (unpaired) electrons. The molecule has 1 aromatic heterocycles. The average Bonchev–Trinajstić information content (AvgIpc) is 3.16. The third-order valence-electron chi connectivity index (χ3n) is 4.07. The number of hydrogen-bond acceptors (Lipinski definition) is 5. The number of aromatic nitrogens is 2. The van der Waals surface area contributed by atoms with Crippen LogP contribution in [0.2, 0.25) is 0 Å². The van der Waals surface area contributed by atoms with Gasteiger partial charge in [0, 0.05) is 17.7 Å². The van der Waals surface area contributed by atoms with Crippen molar-refractivity contribution in [3.05, 3.63) is 36.2 Å². The molecule has 1 N–H and O–H groups in total. The number of nitrogens with zero attached hydrogens (tertiary/aromatic N) is 3. The summed E-state index contributed by atoms with van der Waals surface area (Å²) in [6.45, 7) is 2.76. The number of likely N-dealkylation sites (tertiary alicyclic amines) is 1. The maximum absolute atomic E-state index is 12.5. The van der Waals surface area contributed by atoms with Gasteiger partial charge in [-0.3, -0.25) is 4.79 Å². The van der Waals surface area contributed by atoms with Crippen LogP contribution in [0.3, 0.4) is 0 Å². The van der Waals surface area contributed by atoms with Crippen molar-refractivity contribution in [3.63, 3.8) is 0 Å². The van der Waals surface area contributed by atoms with E-state index >= 15 is 0 Å². The van der Waals surface area contributed by atoms with Crippen molar-refractivity contribution in [3.8, 4) is 11.5 Å². The Morgan fingerprint density at radius 1 is 1.43 bits per heavy atom. The smallest absolute Gasteiger partial charge is 0.254 e. The second-order valence-electron chi connectivity index (χ2n) is 5.34. The number of carbonyl (C=O) groups excluding carboxylic acids is 1. The van der Waals surface area contributed by atoms with Gasteiger partial charge in [-0.15, -0.1) is 10.2 Å². The van der Waals surface area contributed by atoms with E-state index in [9.17, 15) is 9.90 Å².